The number of carbonyl (C=O) groups is 1. The monoisotopic (exact) mass is 242 g/mol. The molecular formula is C15H30O2. The fraction of sp³-hybridized carbons (Fsp3) is 0.933. The maximum atomic E-state index is 12.2. The number of hydrogen-bond donors (Lipinski definition) is 0. The lowest BCUT2D eigenvalue weighted by Crippen LogP contribution is -2.35. The molecular weight excluding hydrogens is 212 g/mol. The van der Waals surface area contributed by atoms with Crippen molar-refractivity contribution in [2.24, 2.45) is 5.41 Å². The number of rotatable bonds is 7. The molecule has 0 aromatic carbocycles. The Kier molecular flexibility index (Phi) is 6.81. The van der Waals surface area contributed by atoms with Crippen molar-refractivity contribution in [1.82, 2.24) is 0 Å². The third kappa shape index (κ3) is 6.70. The molecule has 1 unspecified atom stereocenters. The average Bonchev–Trinajstić information content (AvgIpc) is 2.16. The Hall–Kier alpha value is -0.530. The van der Waals surface area contributed by atoms with Gasteiger partial charge in [-0.2, -0.15) is 0 Å². The van der Waals surface area contributed by atoms with Gasteiger partial charge in [-0.1, -0.05) is 39.5 Å². The van der Waals surface area contributed by atoms with Gasteiger partial charge in [-0.25, -0.2) is 0 Å². The van der Waals surface area contributed by atoms with E-state index >= 15 is 0 Å². The van der Waals surface area contributed by atoms with Gasteiger partial charge in [-0.15, -0.1) is 0 Å². The van der Waals surface area contributed by atoms with Crippen molar-refractivity contribution < 1.29 is 9.53 Å². The molecule has 0 fully saturated rings. The summed E-state index contributed by atoms with van der Waals surface area (Å²) in [6.45, 7) is 12.2. The van der Waals surface area contributed by atoms with Crippen LogP contribution < -0.4 is 0 Å². The summed E-state index contributed by atoms with van der Waals surface area (Å²) in [4.78, 5) is 12.2. The third-order valence-electron chi connectivity index (χ3n) is 3.03. The Labute approximate surface area is 107 Å². The van der Waals surface area contributed by atoms with Crippen LogP contribution >= 0.6 is 0 Å². The minimum atomic E-state index is -0.378. The molecule has 0 aromatic rings. The predicted molar refractivity (Wildman–Crippen MR) is 73.0 cm³/mol. The van der Waals surface area contributed by atoms with E-state index in [0.717, 1.165) is 25.7 Å². The SMILES string of the molecule is CCCCCC(C)(CCC)C(=O)OC(C)(C)C. The normalized spacial score (nSPS) is 15.4. The van der Waals surface area contributed by atoms with E-state index in [9.17, 15) is 4.79 Å². The summed E-state index contributed by atoms with van der Waals surface area (Å²) in [5.74, 6) is -0.0250. The van der Waals surface area contributed by atoms with Gasteiger partial charge < -0.3 is 4.74 Å². The first-order valence-electron chi connectivity index (χ1n) is 6.98. The van der Waals surface area contributed by atoms with Crippen LogP contribution in [0.5, 0.6) is 0 Å². The van der Waals surface area contributed by atoms with Gasteiger partial charge >= 0.3 is 5.97 Å². The average molecular weight is 242 g/mol. The Balaban J connectivity index is 4.51. The van der Waals surface area contributed by atoms with Crippen molar-refractivity contribution in [2.75, 3.05) is 0 Å². The number of esters is 1. The molecule has 0 bridgehead atoms. The fourth-order valence-corrected chi connectivity index (χ4v) is 2.05. The highest BCUT2D eigenvalue weighted by atomic mass is 16.6. The molecule has 2 heteroatoms. The molecule has 0 aliphatic carbocycles. The summed E-state index contributed by atoms with van der Waals surface area (Å²) in [5.41, 5.74) is -0.673. The van der Waals surface area contributed by atoms with Crippen LogP contribution in [-0.4, -0.2) is 11.6 Å². The highest BCUT2D eigenvalue weighted by Gasteiger charge is 2.35. The van der Waals surface area contributed by atoms with Crippen molar-refractivity contribution in [1.29, 1.82) is 0 Å². The summed E-state index contributed by atoms with van der Waals surface area (Å²) >= 11 is 0. The van der Waals surface area contributed by atoms with Gasteiger partial charge in [0.15, 0.2) is 0 Å². The molecule has 17 heavy (non-hydrogen) atoms. The lowest BCUT2D eigenvalue weighted by atomic mass is 9.80. The number of hydrogen-bond acceptors (Lipinski definition) is 2. The molecule has 0 rings (SSSR count). The van der Waals surface area contributed by atoms with Crippen molar-refractivity contribution in [2.45, 2.75) is 85.7 Å². The van der Waals surface area contributed by atoms with Crippen LogP contribution in [0.3, 0.4) is 0 Å². The van der Waals surface area contributed by atoms with Gasteiger partial charge in [-0.05, 0) is 40.5 Å². The zero-order chi connectivity index (χ0) is 13.5. The Morgan fingerprint density at radius 3 is 1.94 bits per heavy atom. The minimum absolute atomic E-state index is 0.0250. The summed E-state index contributed by atoms with van der Waals surface area (Å²) in [6, 6.07) is 0. The Morgan fingerprint density at radius 2 is 1.53 bits per heavy atom. The topological polar surface area (TPSA) is 26.3 Å². The smallest absolute Gasteiger partial charge is 0.312 e. The maximum Gasteiger partial charge on any atom is 0.312 e. The number of ether oxygens (including phenoxy) is 1. The second-order valence-electron chi connectivity index (χ2n) is 6.27. The summed E-state index contributed by atoms with van der Waals surface area (Å²) < 4.78 is 5.55. The van der Waals surface area contributed by atoms with E-state index in [1.165, 1.54) is 12.8 Å². The first kappa shape index (κ1) is 16.5. The molecule has 0 radical (unpaired) electrons. The molecule has 0 spiro atoms. The molecule has 0 aliphatic heterocycles. The minimum Gasteiger partial charge on any atom is -0.460 e. The first-order valence-corrected chi connectivity index (χ1v) is 6.98. The van der Waals surface area contributed by atoms with Gasteiger partial charge in [-0.3, -0.25) is 4.79 Å². The maximum absolute atomic E-state index is 12.2. The van der Waals surface area contributed by atoms with Crippen molar-refractivity contribution in [3.8, 4) is 0 Å². The standard InChI is InChI=1S/C15H30O2/c1-7-9-10-12-15(6,11-8-2)13(16)17-14(3,4)5/h7-12H2,1-6H3. The van der Waals surface area contributed by atoms with Crippen LogP contribution in [0, 0.1) is 5.41 Å². The van der Waals surface area contributed by atoms with E-state index in [1.54, 1.807) is 0 Å². The van der Waals surface area contributed by atoms with E-state index in [-0.39, 0.29) is 17.0 Å². The molecule has 0 amide bonds. The molecule has 0 aromatic heterocycles. The first-order chi connectivity index (χ1) is 7.75. The van der Waals surface area contributed by atoms with Crippen LogP contribution in [0.15, 0.2) is 0 Å². The van der Waals surface area contributed by atoms with E-state index in [1.807, 2.05) is 20.8 Å². The van der Waals surface area contributed by atoms with Gasteiger partial charge in [0.2, 0.25) is 0 Å². The molecule has 0 saturated heterocycles. The van der Waals surface area contributed by atoms with Crippen LogP contribution in [-0.2, 0) is 9.53 Å². The summed E-state index contributed by atoms with van der Waals surface area (Å²) in [6.07, 6.45) is 6.40. The van der Waals surface area contributed by atoms with E-state index in [2.05, 4.69) is 20.8 Å². The predicted octanol–water partition coefficient (Wildman–Crippen LogP) is 4.71. The van der Waals surface area contributed by atoms with E-state index in [0.29, 0.717) is 0 Å². The molecule has 2 nitrogen and oxygen atoms in total. The van der Waals surface area contributed by atoms with Gasteiger partial charge in [0, 0.05) is 0 Å². The molecule has 1 atom stereocenters. The summed E-state index contributed by atoms with van der Waals surface area (Å²) in [5, 5.41) is 0. The van der Waals surface area contributed by atoms with Crippen LogP contribution in [0.1, 0.15) is 80.1 Å². The lowest BCUT2D eigenvalue weighted by molar-refractivity contribution is -0.167. The molecule has 0 saturated carbocycles. The fourth-order valence-electron chi connectivity index (χ4n) is 2.05. The lowest BCUT2D eigenvalue weighted by Gasteiger charge is -2.31. The quantitative estimate of drug-likeness (QED) is 0.477. The summed E-state index contributed by atoms with van der Waals surface area (Å²) in [7, 11) is 0. The molecule has 0 heterocycles. The largest absolute Gasteiger partial charge is 0.460 e. The van der Waals surface area contributed by atoms with Crippen LogP contribution in [0.2, 0.25) is 0 Å². The number of carbonyl (C=O) groups excluding carboxylic acids is 1. The Bertz CT molecular complexity index is 228. The zero-order valence-electron chi connectivity index (χ0n) is 12.6. The highest BCUT2D eigenvalue weighted by molar-refractivity contribution is 5.76. The third-order valence-corrected chi connectivity index (χ3v) is 3.03. The van der Waals surface area contributed by atoms with Crippen molar-refractivity contribution in [3.05, 3.63) is 0 Å². The molecule has 0 N–H and O–H groups in total. The van der Waals surface area contributed by atoms with E-state index in [4.69, 9.17) is 4.74 Å². The molecule has 0 aliphatic rings. The van der Waals surface area contributed by atoms with Gasteiger partial charge in [0.05, 0.1) is 5.41 Å². The van der Waals surface area contributed by atoms with Gasteiger partial charge in [0.1, 0.15) is 5.60 Å². The van der Waals surface area contributed by atoms with Crippen molar-refractivity contribution in [3.63, 3.8) is 0 Å². The van der Waals surface area contributed by atoms with Crippen molar-refractivity contribution >= 4 is 5.97 Å². The Morgan fingerprint density at radius 1 is 0.941 bits per heavy atom. The second-order valence-corrected chi connectivity index (χ2v) is 6.27. The van der Waals surface area contributed by atoms with Crippen LogP contribution in [0.4, 0.5) is 0 Å². The second kappa shape index (κ2) is 7.03. The van der Waals surface area contributed by atoms with Crippen LogP contribution in [0.25, 0.3) is 0 Å². The molecule has 102 valence electrons. The highest BCUT2D eigenvalue weighted by Crippen LogP contribution is 2.33. The van der Waals surface area contributed by atoms with Gasteiger partial charge in [0.25, 0.3) is 0 Å². The van der Waals surface area contributed by atoms with E-state index < -0.39 is 0 Å². The number of unbranched alkanes of at least 4 members (excludes halogenated alkanes) is 2. The zero-order valence-corrected chi connectivity index (χ0v) is 12.6.